The third-order valence-electron chi connectivity index (χ3n) is 4.81. The van der Waals surface area contributed by atoms with Crippen LogP contribution in [0, 0.1) is 5.92 Å². The molecular formula is C16H24N4O2S. The highest BCUT2D eigenvalue weighted by Crippen LogP contribution is 2.28. The summed E-state index contributed by atoms with van der Waals surface area (Å²) in [6, 6.07) is 0.355. The molecule has 3 rings (SSSR count). The molecule has 1 atom stereocenters. The van der Waals surface area contributed by atoms with Gasteiger partial charge in [-0.15, -0.1) is 10.2 Å². The summed E-state index contributed by atoms with van der Waals surface area (Å²) in [5, 5.41) is 12.9. The Morgan fingerprint density at radius 1 is 1.26 bits per heavy atom. The van der Waals surface area contributed by atoms with Crippen molar-refractivity contribution in [3.8, 4) is 0 Å². The van der Waals surface area contributed by atoms with Crippen LogP contribution in [0.4, 0.5) is 0 Å². The number of carbonyl (C=O) groups excluding carboxylic acids is 2. The monoisotopic (exact) mass is 336 g/mol. The van der Waals surface area contributed by atoms with Crippen LogP contribution in [0.25, 0.3) is 0 Å². The van der Waals surface area contributed by atoms with Gasteiger partial charge in [-0.1, -0.05) is 31.1 Å². The van der Waals surface area contributed by atoms with E-state index in [1.54, 1.807) is 11.3 Å². The minimum absolute atomic E-state index is 0.0359. The second-order valence-corrected chi connectivity index (χ2v) is 7.53. The fraction of sp³-hybridized carbons (Fsp3) is 0.750. The van der Waals surface area contributed by atoms with Gasteiger partial charge >= 0.3 is 0 Å². The van der Waals surface area contributed by atoms with Crippen LogP contribution >= 0.6 is 11.3 Å². The van der Waals surface area contributed by atoms with Gasteiger partial charge in [-0.3, -0.25) is 9.59 Å². The molecule has 2 aliphatic rings. The van der Waals surface area contributed by atoms with Crippen molar-refractivity contribution < 1.29 is 9.59 Å². The fourth-order valence-electron chi connectivity index (χ4n) is 3.46. The zero-order chi connectivity index (χ0) is 16.2. The van der Waals surface area contributed by atoms with E-state index < -0.39 is 0 Å². The quantitative estimate of drug-likeness (QED) is 0.891. The Labute approximate surface area is 140 Å². The summed E-state index contributed by atoms with van der Waals surface area (Å²) in [6.45, 7) is 3.05. The number of aryl methyl sites for hydroxylation is 1. The Kier molecular flexibility index (Phi) is 5.25. The number of carbonyl (C=O) groups is 2. The maximum atomic E-state index is 12.4. The second-order valence-electron chi connectivity index (χ2n) is 6.38. The fourth-order valence-corrected chi connectivity index (χ4v) is 4.19. The van der Waals surface area contributed by atoms with Crippen molar-refractivity contribution >= 4 is 23.2 Å². The summed E-state index contributed by atoms with van der Waals surface area (Å²) in [7, 11) is 0. The highest BCUT2D eigenvalue weighted by molar-refractivity contribution is 7.11. The standard InChI is InChI=1S/C16H24N4O2S/c1-2-13-18-19-14(23-13)9-17-16(22)11-7-8-15(21)20(10-11)12-5-3-4-6-12/h11-12H,2-10H2,1H3,(H,17,22)/t11-/m0/s1. The molecule has 6 nitrogen and oxygen atoms in total. The average molecular weight is 336 g/mol. The molecule has 2 fully saturated rings. The normalized spacial score (nSPS) is 22.6. The Balaban J connectivity index is 1.53. The average Bonchev–Trinajstić information content (AvgIpc) is 3.24. The number of hydrogen-bond acceptors (Lipinski definition) is 5. The molecule has 0 aromatic carbocycles. The van der Waals surface area contributed by atoms with E-state index in [1.807, 2.05) is 11.8 Å². The van der Waals surface area contributed by atoms with Crippen LogP contribution in [0.5, 0.6) is 0 Å². The smallest absolute Gasteiger partial charge is 0.225 e. The summed E-state index contributed by atoms with van der Waals surface area (Å²) in [5.74, 6) is 0.165. The van der Waals surface area contributed by atoms with Crippen LogP contribution in [0.2, 0.25) is 0 Å². The molecule has 7 heteroatoms. The van der Waals surface area contributed by atoms with E-state index in [0.29, 0.717) is 32.0 Å². The van der Waals surface area contributed by atoms with Gasteiger partial charge in [0.25, 0.3) is 0 Å². The third kappa shape index (κ3) is 3.88. The van der Waals surface area contributed by atoms with Crippen LogP contribution in [0.3, 0.4) is 0 Å². The molecule has 1 saturated carbocycles. The van der Waals surface area contributed by atoms with Gasteiger partial charge in [-0.25, -0.2) is 0 Å². The predicted molar refractivity (Wildman–Crippen MR) is 87.8 cm³/mol. The third-order valence-corrected chi connectivity index (χ3v) is 5.87. The molecule has 2 heterocycles. The highest BCUT2D eigenvalue weighted by atomic mass is 32.1. The van der Waals surface area contributed by atoms with Crippen molar-refractivity contribution in [2.75, 3.05) is 6.54 Å². The number of hydrogen-bond donors (Lipinski definition) is 1. The molecule has 1 aromatic rings. The first kappa shape index (κ1) is 16.4. The van der Waals surface area contributed by atoms with Gasteiger partial charge in [-0.05, 0) is 25.7 Å². The minimum atomic E-state index is -0.0909. The van der Waals surface area contributed by atoms with Gasteiger partial charge in [0.2, 0.25) is 11.8 Å². The van der Waals surface area contributed by atoms with Crippen molar-refractivity contribution in [2.45, 2.75) is 64.5 Å². The summed E-state index contributed by atoms with van der Waals surface area (Å²) < 4.78 is 0. The number of rotatable bonds is 5. The van der Waals surface area contributed by atoms with Crippen molar-refractivity contribution in [3.63, 3.8) is 0 Å². The van der Waals surface area contributed by atoms with Crippen LogP contribution in [0.1, 0.15) is 55.5 Å². The first-order valence-corrected chi connectivity index (χ1v) is 9.37. The molecular weight excluding hydrogens is 312 g/mol. The van der Waals surface area contributed by atoms with Gasteiger partial charge in [0.1, 0.15) is 10.0 Å². The number of nitrogens with zero attached hydrogens (tertiary/aromatic N) is 3. The van der Waals surface area contributed by atoms with E-state index >= 15 is 0 Å². The van der Waals surface area contributed by atoms with E-state index in [4.69, 9.17) is 0 Å². The van der Waals surface area contributed by atoms with Crippen molar-refractivity contribution in [1.29, 1.82) is 0 Å². The topological polar surface area (TPSA) is 75.2 Å². The maximum absolute atomic E-state index is 12.4. The molecule has 126 valence electrons. The van der Waals surface area contributed by atoms with E-state index in [9.17, 15) is 9.59 Å². The lowest BCUT2D eigenvalue weighted by atomic mass is 9.95. The van der Waals surface area contributed by atoms with Crippen molar-refractivity contribution in [2.24, 2.45) is 5.92 Å². The zero-order valence-corrected chi connectivity index (χ0v) is 14.4. The van der Waals surface area contributed by atoms with Gasteiger partial charge in [0.15, 0.2) is 0 Å². The molecule has 0 radical (unpaired) electrons. The molecule has 1 aliphatic heterocycles. The summed E-state index contributed by atoms with van der Waals surface area (Å²) in [6.07, 6.45) is 6.59. The minimum Gasteiger partial charge on any atom is -0.349 e. The first-order valence-electron chi connectivity index (χ1n) is 8.55. The lowest BCUT2D eigenvalue weighted by molar-refractivity contribution is -0.140. The van der Waals surface area contributed by atoms with Gasteiger partial charge in [0, 0.05) is 19.0 Å². The van der Waals surface area contributed by atoms with E-state index in [1.165, 1.54) is 12.8 Å². The molecule has 1 aliphatic carbocycles. The van der Waals surface area contributed by atoms with Crippen LogP contribution < -0.4 is 5.32 Å². The lowest BCUT2D eigenvalue weighted by Gasteiger charge is -2.36. The highest BCUT2D eigenvalue weighted by Gasteiger charge is 2.35. The van der Waals surface area contributed by atoms with Gasteiger partial charge < -0.3 is 10.2 Å². The van der Waals surface area contributed by atoms with Crippen molar-refractivity contribution in [1.82, 2.24) is 20.4 Å². The lowest BCUT2D eigenvalue weighted by Crippen LogP contribution is -2.49. The molecule has 1 N–H and O–H groups in total. The number of amides is 2. The van der Waals surface area contributed by atoms with E-state index in [-0.39, 0.29) is 17.7 Å². The Morgan fingerprint density at radius 2 is 2.00 bits per heavy atom. The Bertz CT molecular complexity index is 568. The molecule has 0 bridgehead atoms. The summed E-state index contributed by atoms with van der Waals surface area (Å²) in [5.41, 5.74) is 0. The Morgan fingerprint density at radius 3 is 2.70 bits per heavy atom. The second kappa shape index (κ2) is 7.38. The molecule has 0 unspecified atom stereocenters. The maximum Gasteiger partial charge on any atom is 0.225 e. The van der Waals surface area contributed by atoms with Gasteiger partial charge in [0.05, 0.1) is 12.5 Å². The Hall–Kier alpha value is -1.50. The molecule has 2 amide bonds. The number of piperidine rings is 1. The summed E-state index contributed by atoms with van der Waals surface area (Å²) >= 11 is 1.54. The van der Waals surface area contributed by atoms with Crippen LogP contribution in [0.15, 0.2) is 0 Å². The molecule has 0 spiro atoms. The van der Waals surface area contributed by atoms with Crippen LogP contribution in [-0.2, 0) is 22.6 Å². The number of aromatic nitrogens is 2. The van der Waals surface area contributed by atoms with Crippen molar-refractivity contribution in [3.05, 3.63) is 10.0 Å². The van der Waals surface area contributed by atoms with Crippen LogP contribution in [-0.4, -0.2) is 39.5 Å². The van der Waals surface area contributed by atoms with E-state index in [0.717, 1.165) is 29.3 Å². The largest absolute Gasteiger partial charge is 0.349 e. The zero-order valence-electron chi connectivity index (χ0n) is 13.6. The predicted octanol–water partition coefficient (Wildman–Crippen LogP) is 1.90. The SMILES string of the molecule is CCc1nnc(CNC(=O)[C@H]2CCC(=O)N(C3CCCC3)C2)s1. The van der Waals surface area contributed by atoms with E-state index in [2.05, 4.69) is 15.5 Å². The first-order chi connectivity index (χ1) is 11.2. The number of likely N-dealkylation sites (tertiary alicyclic amines) is 1. The molecule has 1 saturated heterocycles. The summed E-state index contributed by atoms with van der Waals surface area (Å²) in [4.78, 5) is 26.5. The molecule has 1 aromatic heterocycles. The molecule has 23 heavy (non-hydrogen) atoms. The van der Waals surface area contributed by atoms with Gasteiger partial charge in [-0.2, -0.15) is 0 Å². The number of nitrogens with one attached hydrogen (secondary N) is 1.